The zero-order valence-electron chi connectivity index (χ0n) is 11.2. The van der Waals surface area contributed by atoms with E-state index in [0.29, 0.717) is 33.7 Å². The summed E-state index contributed by atoms with van der Waals surface area (Å²) >= 11 is 18.4. The summed E-state index contributed by atoms with van der Waals surface area (Å²) in [5.74, 6) is 0. The molecule has 0 spiro atoms. The molecule has 1 aromatic carbocycles. The van der Waals surface area contributed by atoms with E-state index >= 15 is 0 Å². The van der Waals surface area contributed by atoms with Gasteiger partial charge in [0.25, 0.3) is 0 Å². The van der Waals surface area contributed by atoms with Crippen LogP contribution in [0.3, 0.4) is 0 Å². The smallest absolute Gasteiger partial charge is 0.0652 e. The van der Waals surface area contributed by atoms with E-state index in [4.69, 9.17) is 34.8 Å². The summed E-state index contributed by atoms with van der Waals surface area (Å²) in [6.45, 7) is 5.08. The predicted octanol–water partition coefficient (Wildman–Crippen LogP) is 4.91. The lowest BCUT2D eigenvalue weighted by molar-refractivity contribution is 0.0436. The predicted molar refractivity (Wildman–Crippen MR) is 82.9 cm³/mol. The van der Waals surface area contributed by atoms with Crippen LogP contribution >= 0.6 is 34.8 Å². The molecule has 0 amide bonds. The second kappa shape index (κ2) is 6.64. The Labute approximate surface area is 130 Å². The van der Waals surface area contributed by atoms with Gasteiger partial charge in [-0.25, -0.2) is 5.01 Å². The fourth-order valence-electron chi connectivity index (χ4n) is 2.63. The molecule has 1 aromatic rings. The number of nitrogens with zero attached hydrogens (tertiary/aromatic N) is 1. The molecule has 5 heteroatoms. The van der Waals surface area contributed by atoms with Gasteiger partial charge in [-0.05, 0) is 38.8 Å². The van der Waals surface area contributed by atoms with Crippen LogP contribution in [-0.2, 0) is 6.54 Å². The SMILES string of the molecule is CC1CCCC(C)N1NCc1c(Cl)ccc(Cl)c1Cl. The Kier molecular flexibility index (Phi) is 5.38. The van der Waals surface area contributed by atoms with Gasteiger partial charge >= 0.3 is 0 Å². The Balaban J connectivity index is 2.08. The summed E-state index contributed by atoms with van der Waals surface area (Å²) in [4.78, 5) is 0. The number of hydrazine groups is 1. The molecule has 1 heterocycles. The minimum Gasteiger partial charge on any atom is -0.250 e. The molecule has 106 valence electrons. The van der Waals surface area contributed by atoms with Crippen LogP contribution in [0.2, 0.25) is 15.1 Å². The summed E-state index contributed by atoms with van der Waals surface area (Å²) < 4.78 is 0. The van der Waals surface area contributed by atoms with E-state index in [-0.39, 0.29) is 0 Å². The van der Waals surface area contributed by atoms with Crippen LogP contribution in [0.5, 0.6) is 0 Å². The molecule has 1 N–H and O–H groups in total. The molecule has 0 aromatic heterocycles. The summed E-state index contributed by atoms with van der Waals surface area (Å²) in [7, 11) is 0. The number of hydrogen-bond acceptors (Lipinski definition) is 2. The number of rotatable bonds is 3. The van der Waals surface area contributed by atoms with Gasteiger partial charge in [0.05, 0.1) is 10.0 Å². The van der Waals surface area contributed by atoms with Gasteiger partial charge in [0, 0.05) is 29.2 Å². The molecule has 2 unspecified atom stereocenters. The highest BCUT2D eigenvalue weighted by Gasteiger charge is 2.24. The Morgan fingerprint density at radius 3 is 2.32 bits per heavy atom. The molecule has 1 saturated heterocycles. The summed E-state index contributed by atoms with van der Waals surface area (Å²) in [5, 5.41) is 4.04. The molecule has 19 heavy (non-hydrogen) atoms. The number of hydrogen-bond donors (Lipinski definition) is 1. The van der Waals surface area contributed by atoms with Crippen LogP contribution in [0.15, 0.2) is 12.1 Å². The van der Waals surface area contributed by atoms with E-state index in [1.807, 2.05) is 0 Å². The maximum absolute atomic E-state index is 6.21. The first kappa shape index (κ1) is 15.4. The zero-order valence-corrected chi connectivity index (χ0v) is 13.5. The normalized spacial score (nSPS) is 24.7. The summed E-state index contributed by atoms with van der Waals surface area (Å²) in [5.41, 5.74) is 4.31. The molecule has 0 saturated carbocycles. The lowest BCUT2D eigenvalue weighted by Gasteiger charge is -2.39. The van der Waals surface area contributed by atoms with Crippen LogP contribution in [0.4, 0.5) is 0 Å². The number of nitrogens with one attached hydrogen (secondary N) is 1. The first-order valence-corrected chi connectivity index (χ1v) is 7.78. The molecule has 0 radical (unpaired) electrons. The molecule has 1 aliphatic heterocycles. The molecule has 1 fully saturated rings. The summed E-state index contributed by atoms with van der Waals surface area (Å²) in [6.07, 6.45) is 3.72. The van der Waals surface area contributed by atoms with Gasteiger partial charge in [0.2, 0.25) is 0 Å². The third-order valence-corrected chi connectivity index (χ3v) is 4.97. The van der Waals surface area contributed by atoms with Crippen LogP contribution in [-0.4, -0.2) is 17.1 Å². The largest absolute Gasteiger partial charge is 0.250 e. The maximum Gasteiger partial charge on any atom is 0.0652 e. The van der Waals surface area contributed by atoms with Crippen molar-refractivity contribution in [3.05, 3.63) is 32.8 Å². The monoisotopic (exact) mass is 320 g/mol. The third kappa shape index (κ3) is 3.56. The minimum absolute atomic E-state index is 0.528. The van der Waals surface area contributed by atoms with Gasteiger partial charge in [-0.3, -0.25) is 5.43 Å². The van der Waals surface area contributed by atoms with E-state index in [1.165, 1.54) is 19.3 Å². The third-order valence-electron chi connectivity index (χ3n) is 3.77. The van der Waals surface area contributed by atoms with Gasteiger partial charge in [0.1, 0.15) is 0 Å². The molecule has 2 rings (SSSR count). The van der Waals surface area contributed by atoms with Crippen molar-refractivity contribution < 1.29 is 0 Å². The lowest BCUT2D eigenvalue weighted by atomic mass is 10.00. The first-order chi connectivity index (χ1) is 9.00. The van der Waals surface area contributed by atoms with E-state index < -0.39 is 0 Å². The minimum atomic E-state index is 0.528. The second-order valence-electron chi connectivity index (χ2n) is 5.19. The number of piperidine rings is 1. The fraction of sp³-hybridized carbons (Fsp3) is 0.571. The van der Waals surface area contributed by atoms with Crippen LogP contribution < -0.4 is 5.43 Å². The number of halogens is 3. The van der Waals surface area contributed by atoms with Crippen molar-refractivity contribution in [1.82, 2.24) is 10.4 Å². The second-order valence-corrected chi connectivity index (χ2v) is 6.39. The molecule has 0 bridgehead atoms. The van der Waals surface area contributed by atoms with Gasteiger partial charge in [-0.15, -0.1) is 0 Å². The van der Waals surface area contributed by atoms with Crippen LogP contribution in [0.25, 0.3) is 0 Å². The average molecular weight is 322 g/mol. The van der Waals surface area contributed by atoms with Crippen molar-refractivity contribution in [2.45, 2.75) is 51.7 Å². The number of benzene rings is 1. The zero-order chi connectivity index (χ0) is 14.0. The fourth-order valence-corrected chi connectivity index (χ4v) is 3.32. The molecule has 1 aliphatic rings. The molecular weight excluding hydrogens is 303 g/mol. The van der Waals surface area contributed by atoms with Crippen molar-refractivity contribution in [2.24, 2.45) is 0 Å². The standard InChI is InChI=1S/C14H19Cl3N2/c1-9-4-3-5-10(2)19(9)18-8-11-12(15)6-7-13(16)14(11)17/h6-7,9-10,18H,3-5,8H2,1-2H3. The molecule has 2 nitrogen and oxygen atoms in total. The highest BCUT2D eigenvalue weighted by Crippen LogP contribution is 2.31. The van der Waals surface area contributed by atoms with E-state index in [0.717, 1.165) is 5.56 Å². The topological polar surface area (TPSA) is 15.3 Å². The van der Waals surface area contributed by atoms with E-state index in [1.54, 1.807) is 12.1 Å². The lowest BCUT2D eigenvalue weighted by Crippen LogP contribution is -2.51. The van der Waals surface area contributed by atoms with Crippen molar-refractivity contribution in [3.8, 4) is 0 Å². The average Bonchev–Trinajstić information content (AvgIpc) is 2.37. The van der Waals surface area contributed by atoms with E-state index in [9.17, 15) is 0 Å². The molecule has 0 aliphatic carbocycles. The van der Waals surface area contributed by atoms with E-state index in [2.05, 4.69) is 24.3 Å². The Bertz CT molecular complexity index is 441. The van der Waals surface area contributed by atoms with Crippen molar-refractivity contribution in [2.75, 3.05) is 0 Å². The molecular formula is C14H19Cl3N2. The van der Waals surface area contributed by atoms with Crippen molar-refractivity contribution in [1.29, 1.82) is 0 Å². The van der Waals surface area contributed by atoms with Gasteiger partial charge in [-0.2, -0.15) is 0 Å². The van der Waals surface area contributed by atoms with Gasteiger partial charge in [0.15, 0.2) is 0 Å². The highest BCUT2D eigenvalue weighted by atomic mass is 35.5. The highest BCUT2D eigenvalue weighted by molar-refractivity contribution is 6.44. The Hall–Kier alpha value is 0.01000. The van der Waals surface area contributed by atoms with Crippen LogP contribution in [0.1, 0.15) is 38.7 Å². The summed E-state index contributed by atoms with van der Waals surface area (Å²) in [6, 6.07) is 4.57. The van der Waals surface area contributed by atoms with Crippen molar-refractivity contribution >= 4 is 34.8 Å². The first-order valence-electron chi connectivity index (χ1n) is 6.65. The Morgan fingerprint density at radius 2 is 1.68 bits per heavy atom. The molecule has 2 atom stereocenters. The van der Waals surface area contributed by atoms with Crippen molar-refractivity contribution in [3.63, 3.8) is 0 Å². The Morgan fingerprint density at radius 1 is 1.11 bits per heavy atom. The quantitative estimate of drug-likeness (QED) is 0.795. The van der Waals surface area contributed by atoms with Gasteiger partial charge in [-0.1, -0.05) is 41.2 Å². The maximum atomic E-state index is 6.21. The van der Waals surface area contributed by atoms with Crippen LogP contribution in [0, 0.1) is 0 Å². The van der Waals surface area contributed by atoms with Gasteiger partial charge < -0.3 is 0 Å².